The van der Waals surface area contributed by atoms with E-state index in [0.29, 0.717) is 5.92 Å². The molecule has 0 heterocycles. The van der Waals surface area contributed by atoms with E-state index in [4.69, 9.17) is 0 Å². The van der Waals surface area contributed by atoms with Crippen LogP contribution in [0.5, 0.6) is 0 Å². The molecule has 0 saturated heterocycles. The maximum absolute atomic E-state index is 2.24. The number of rotatable bonds is 2. The van der Waals surface area contributed by atoms with Gasteiger partial charge in [0.2, 0.25) is 0 Å². The molecule has 1 rings (SSSR count). The summed E-state index contributed by atoms with van der Waals surface area (Å²) in [4.78, 5) is 0. The first kappa shape index (κ1) is 9.05. The Morgan fingerprint density at radius 1 is 1.33 bits per heavy atom. The predicted octanol–water partition coefficient (Wildman–Crippen LogP) is 3.64. The Balaban J connectivity index is 2.41. The largest absolute Gasteiger partial charge is 0.0837 e. The zero-order valence-corrected chi connectivity index (χ0v) is 7.83. The van der Waals surface area contributed by atoms with Crippen LogP contribution in [0, 0.1) is 5.92 Å². The van der Waals surface area contributed by atoms with Crippen LogP contribution in [0.15, 0.2) is 48.1 Å². The molecule has 0 radical (unpaired) electrons. The van der Waals surface area contributed by atoms with Gasteiger partial charge in [-0.15, -0.1) is 0 Å². The van der Waals surface area contributed by atoms with E-state index in [9.17, 15) is 0 Å². The molecule has 0 amide bonds. The van der Waals surface area contributed by atoms with Crippen LogP contribution in [-0.2, 0) is 0 Å². The van der Waals surface area contributed by atoms with Gasteiger partial charge in [0.25, 0.3) is 0 Å². The van der Waals surface area contributed by atoms with Gasteiger partial charge in [-0.25, -0.2) is 0 Å². The van der Waals surface area contributed by atoms with Gasteiger partial charge in [0.15, 0.2) is 0 Å². The van der Waals surface area contributed by atoms with Crippen molar-refractivity contribution in [2.24, 2.45) is 5.92 Å². The molecular formula is C12H16. The van der Waals surface area contributed by atoms with E-state index in [1.807, 2.05) is 0 Å². The Bertz CT molecular complexity index is 235. The van der Waals surface area contributed by atoms with Gasteiger partial charge in [-0.2, -0.15) is 0 Å². The van der Waals surface area contributed by atoms with Crippen LogP contribution in [0.4, 0.5) is 0 Å². The summed E-state index contributed by atoms with van der Waals surface area (Å²) in [6.07, 6.45) is 16.3. The van der Waals surface area contributed by atoms with Crippen molar-refractivity contribution >= 4 is 0 Å². The van der Waals surface area contributed by atoms with Crippen molar-refractivity contribution in [1.82, 2.24) is 0 Å². The minimum Gasteiger partial charge on any atom is -0.0837 e. The molecule has 1 aliphatic rings. The number of hydrogen-bond donors (Lipinski definition) is 0. The third-order valence-corrected chi connectivity index (χ3v) is 1.80. The summed E-state index contributed by atoms with van der Waals surface area (Å²) in [6.45, 7) is 4.22. The lowest BCUT2D eigenvalue weighted by Crippen LogP contribution is -1.91. The maximum atomic E-state index is 2.24. The van der Waals surface area contributed by atoms with Crippen molar-refractivity contribution in [3.63, 3.8) is 0 Å². The topological polar surface area (TPSA) is 0 Å². The lowest BCUT2D eigenvalue weighted by Gasteiger charge is -2.05. The molecule has 1 aliphatic carbocycles. The van der Waals surface area contributed by atoms with Gasteiger partial charge in [0.1, 0.15) is 0 Å². The molecule has 0 aromatic rings. The van der Waals surface area contributed by atoms with Crippen LogP contribution in [0.25, 0.3) is 0 Å². The fourth-order valence-electron chi connectivity index (χ4n) is 1.13. The monoisotopic (exact) mass is 160 g/mol. The second kappa shape index (κ2) is 4.76. The lowest BCUT2D eigenvalue weighted by molar-refractivity contribution is 0.822. The summed E-state index contributed by atoms with van der Waals surface area (Å²) in [5.41, 5.74) is 1.35. The van der Waals surface area contributed by atoms with Crippen LogP contribution >= 0.6 is 0 Å². The Kier molecular flexibility index (Phi) is 3.59. The second-order valence-corrected chi connectivity index (χ2v) is 3.34. The maximum Gasteiger partial charge on any atom is -0.00126 e. The average molecular weight is 160 g/mol. The van der Waals surface area contributed by atoms with E-state index in [2.05, 4.69) is 56.4 Å². The van der Waals surface area contributed by atoms with Crippen molar-refractivity contribution in [3.8, 4) is 0 Å². The molecule has 0 N–H and O–H groups in total. The summed E-state index contributed by atoms with van der Waals surface area (Å²) in [5.74, 6) is 0.602. The van der Waals surface area contributed by atoms with Crippen molar-refractivity contribution in [2.45, 2.75) is 20.3 Å². The molecule has 0 saturated carbocycles. The number of hydrogen-bond acceptors (Lipinski definition) is 0. The summed E-state index contributed by atoms with van der Waals surface area (Å²) in [6, 6.07) is 0. The van der Waals surface area contributed by atoms with Gasteiger partial charge >= 0.3 is 0 Å². The zero-order valence-electron chi connectivity index (χ0n) is 7.83. The Morgan fingerprint density at radius 3 is 2.75 bits per heavy atom. The van der Waals surface area contributed by atoms with E-state index >= 15 is 0 Å². The Morgan fingerprint density at radius 2 is 2.17 bits per heavy atom. The highest BCUT2D eigenvalue weighted by Gasteiger charge is 1.97. The predicted molar refractivity (Wildman–Crippen MR) is 55.0 cm³/mol. The quantitative estimate of drug-likeness (QED) is 0.541. The Hall–Kier alpha value is -1.04. The molecule has 1 atom stereocenters. The molecule has 0 nitrogen and oxygen atoms in total. The van der Waals surface area contributed by atoms with Crippen LogP contribution < -0.4 is 0 Å². The summed E-state index contributed by atoms with van der Waals surface area (Å²) < 4.78 is 0. The fraction of sp³-hybridized carbons (Fsp3) is 0.333. The highest BCUT2D eigenvalue weighted by Crippen LogP contribution is 2.12. The van der Waals surface area contributed by atoms with Gasteiger partial charge in [-0.05, 0) is 26.2 Å². The molecular weight excluding hydrogens is 144 g/mol. The van der Waals surface area contributed by atoms with Crippen molar-refractivity contribution in [2.75, 3.05) is 0 Å². The molecule has 1 unspecified atom stereocenters. The minimum atomic E-state index is 0.602. The van der Waals surface area contributed by atoms with Crippen LogP contribution in [0.1, 0.15) is 20.3 Å². The van der Waals surface area contributed by atoms with Gasteiger partial charge < -0.3 is 0 Å². The first-order valence-corrected chi connectivity index (χ1v) is 4.44. The van der Waals surface area contributed by atoms with Gasteiger partial charge in [0, 0.05) is 0 Å². The highest BCUT2D eigenvalue weighted by atomic mass is 14.0. The highest BCUT2D eigenvalue weighted by molar-refractivity contribution is 5.18. The van der Waals surface area contributed by atoms with E-state index in [-0.39, 0.29) is 0 Å². The average Bonchev–Trinajstić information content (AvgIpc) is 2.05. The van der Waals surface area contributed by atoms with E-state index < -0.39 is 0 Å². The smallest absolute Gasteiger partial charge is 0.00126 e. The second-order valence-electron chi connectivity index (χ2n) is 3.34. The fourth-order valence-corrected chi connectivity index (χ4v) is 1.13. The molecule has 0 aliphatic heterocycles. The van der Waals surface area contributed by atoms with E-state index in [0.717, 1.165) is 6.42 Å². The number of allylic oxidation sites excluding steroid dienone is 8. The first-order chi connectivity index (χ1) is 5.79. The van der Waals surface area contributed by atoms with E-state index in [1.54, 1.807) is 0 Å². The summed E-state index contributed by atoms with van der Waals surface area (Å²) in [5, 5.41) is 0. The molecule has 0 spiro atoms. The standard InChI is InChI=1S/C12H16/c1-11(2)7-6-10-12-8-4-3-5-9-12/h3-8,10,12H,9H2,1-2H3/b10-6-. The molecule has 12 heavy (non-hydrogen) atoms. The third-order valence-electron chi connectivity index (χ3n) is 1.80. The van der Waals surface area contributed by atoms with Crippen LogP contribution in [-0.4, -0.2) is 0 Å². The SMILES string of the molecule is CC(C)=C/C=C\C1C=CC=CC1. The summed E-state index contributed by atoms with van der Waals surface area (Å²) >= 11 is 0. The minimum absolute atomic E-state index is 0.602. The van der Waals surface area contributed by atoms with Gasteiger partial charge in [-0.3, -0.25) is 0 Å². The summed E-state index contributed by atoms with van der Waals surface area (Å²) in [7, 11) is 0. The van der Waals surface area contributed by atoms with E-state index in [1.165, 1.54) is 5.57 Å². The third kappa shape index (κ3) is 3.38. The molecule has 0 aromatic carbocycles. The normalized spacial score (nSPS) is 21.7. The zero-order chi connectivity index (χ0) is 8.81. The molecule has 0 aromatic heterocycles. The van der Waals surface area contributed by atoms with Crippen LogP contribution in [0.3, 0.4) is 0 Å². The molecule has 0 heteroatoms. The molecule has 64 valence electrons. The lowest BCUT2D eigenvalue weighted by atomic mass is 10.0. The molecule has 0 fully saturated rings. The van der Waals surface area contributed by atoms with Gasteiger partial charge in [-0.1, -0.05) is 48.1 Å². The van der Waals surface area contributed by atoms with Crippen molar-refractivity contribution in [1.29, 1.82) is 0 Å². The van der Waals surface area contributed by atoms with Crippen molar-refractivity contribution in [3.05, 3.63) is 48.1 Å². The van der Waals surface area contributed by atoms with Gasteiger partial charge in [0.05, 0.1) is 0 Å². The Labute approximate surface area is 75.0 Å². The van der Waals surface area contributed by atoms with Crippen LogP contribution in [0.2, 0.25) is 0 Å². The first-order valence-electron chi connectivity index (χ1n) is 4.44. The van der Waals surface area contributed by atoms with Crippen molar-refractivity contribution < 1.29 is 0 Å². The molecule has 0 bridgehead atoms.